The number of pyridine rings is 1. The summed E-state index contributed by atoms with van der Waals surface area (Å²) in [6, 6.07) is 5.06. The van der Waals surface area contributed by atoms with Crippen LogP contribution in [-0.4, -0.2) is 17.6 Å². The van der Waals surface area contributed by atoms with Gasteiger partial charge in [-0.1, -0.05) is 6.07 Å². The van der Waals surface area contributed by atoms with Crippen LogP contribution in [0, 0.1) is 0 Å². The molecule has 0 atom stereocenters. The Morgan fingerprint density at radius 3 is 2.90 bits per heavy atom. The number of hydrogen-bond acceptors (Lipinski definition) is 2. The first-order chi connectivity index (χ1) is 4.84. The van der Waals surface area contributed by atoms with Gasteiger partial charge in [0.1, 0.15) is 5.69 Å². The number of rotatable bonds is 1. The molecule has 3 heteroatoms. The molecule has 0 saturated heterocycles. The molecule has 0 unspecified atom stereocenters. The van der Waals surface area contributed by atoms with Crippen molar-refractivity contribution in [3.63, 3.8) is 0 Å². The molecule has 0 fully saturated rings. The molecule has 0 aliphatic heterocycles. The first kappa shape index (κ1) is 6.61. The Balaban J connectivity index is 2.95. The van der Waals surface area contributed by atoms with Crippen molar-refractivity contribution in [2.75, 3.05) is 0 Å². The van der Waals surface area contributed by atoms with Gasteiger partial charge in [0.15, 0.2) is 0 Å². The van der Waals surface area contributed by atoms with E-state index >= 15 is 0 Å². The van der Waals surface area contributed by atoms with Crippen LogP contribution in [0.25, 0.3) is 0 Å². The number of carbonyl (C=O) groups excluding carboxylic acids is 1. The highest BCUT2D eigenvalue weighted by molar-refractivity contribution is 5.95. The highest BCUT2D eigenvalue weighted by Crippen LogP contribution is 1.93. The molecule has 1 aromatic heterocycles. The van der Waals surface area contributed by atoms with Gasteiger partial charge < -0.3 is 0 Å². The van der Waals surface area contributed by atoms with E-state index in [1.165, 1.54) is 0 Å². The van der Waals surface area contributed by atoms with Crippen LogP contribution in [0.15, 0.2) is 29.4 Å². The minimum Gasteiger partial charge on any atom is -0.265 e. The Kier molecular flexibility index (Phi) is 1.89. The van der Waals surface area contributed by atoms with Crippen LogP contribution in [0.1, 0.15) is 10.5 Å². The van der Waals surface area contributed by atoms with Gasteiger partial charge in [0.2, 0.25) is 0 Å². The summed E-state index contributed by atoms with van der Waals surface area (Å²) in [7, 11) is 0. The highest BCUT2D eigenvalue weighted by Gasteiger charge is 1.99. The molecule has 1 heterocycles. The Morgan fingerprint density at radius 2 is 2.40 bits per heavy atom. The third-order valence-corrected chi connectivity index (χ3v) is 1.03. The van der Waals surface area contributed by atoms with Crippen molar-refractivity contribution in [2.24, 2.45) is 4.99 Å². The van der Waals surface area contributed by atoms with E-state index in [0.29, 0.717) is 5.69 Å². The third kappa shape index (κ3) is 1.25. The molecule has 0 aromatic carbocycles. The molecule has 3 nitrogen and oxygen atoms in total. The van der Waals surface area contributed by atoms with Gasteiger partial charge in [0, 0.05) is 6.20 Å². The van der Waals surface area contributed by atoms with Crippen molar-refractivity contribution in [2.45, 2.75) is 0 Å². The van der Waals surface area contributed by atoms with Crippen molar-refractivity contribution in [3.8, 4) is 0 Å². The van der Waals surface area contributed by atoms with Crippen LogP contribution in [0.5, 0.6) is 0 Å². The molecule has 0 radical (unpaired) electrons. The van der Waals surface area contributed by atoms with Gasteiger partial charge in [0.25, 0.3) is 5.91 Å². The quantitative estimate of drug-likeness (QED) is 0.536. The number of aliphatic imine (C=N–C) groups is 1. The minimum atomic E-state index is -0.388. The molecule has 0 saturated carbocycles. The van der Waals surface area contributed by atoms with E-state index in [4.69, 9.17) is 0 Å². The Hall–Kier alpha value is -1.51. The maximum Gasteiger partial charge on any atom is 0.294 e. The fourth-order valence-corrected chi connectivity index (χ4v) is 0.570. The molecule has 10 heavy (non-hydrogen) atoms. The lowest BCUT2D eigenvalue weighted by Crippen LogP contribution is -1.95. The zero-order valence-electron chi connectivity index (χ0n) is 5.32. The lowest BCUT2D eigenvalue weighted by atomic mass is 10.3. The van der Waals surface area contributed by atoms with E-state index < -0.39 is 0 Å². The van der Waals surface area contributed by atoms with Gasteiger partial charge in [0.05, 0.1) is 0 Å². The molecule has 0 bridgehead atoms. The first-order valence-electron chi connectivity index (χ1n) is 2.76. The number of nitrogens with zero attached hydrogens (tertiary/aromatic N) is 2. The zero-order valence-corrected chi connectivity index (χ0v) is 5.32. The molecular weight excluding hydrogens is 128 g/mol. The van der Waals surface area contributed by atoms with E-state index in [9.17, 15) is 4.79 Å². The van der Waals surface area contributed by atoms with Crippen molar-refractivity contribution >= 4 is 12.6 Å². The maximum atomic E-state index is 10.7. The zero-order chi connectivity index (χ0) is 7.40. The van der Waals surface area contributed by atoms with Gasteiger partial charge in [-0.25, -0.2) is 4.99 Å². The van der Waals surface area contributed by atoms with E-state index in [1.807, 2.05) is 0 Å². The van der Waals surface area contributed by atoms with E-state index in [0.717, 1.165) is 0 Å². The number of carbonyl (C=O) groups is 1. The monoisotopic (exact) mass is 134 g/mol. The minimum absolute atomic E-state index is 0.331. The first-order valence-corrected chi connectivity index (χ1v) is 2.76. The molecule has 1 rings (SSSR count). The molecule has 50 valence electrons. The molecular formula is C7H6N2O. The average Bonchev–Trinajstić information content (AvgIpc) is 2.05. The van der Waals surface area contributed by atoms with Gasteiger partial charge in [-0.3, -0.25) is 9.78 Å². The van der Waals surface area contributed by atoms with Gasteiger partial charge in [-0.15, -0.1) is 0 Å². The van der Waals surface area contributed by atoms with Crippen LogP contribution in [0.2, 0.25) is 0 Å². The molecule has 0 spiro atoms. The van der Waals surface area contributed by atoms with E-state index in [2.05, 4.69) is 16.7 Å². The summed E-state index contributed by atoms with van der Waals surface area (Å²) in [5.41, 5.74) is 0.331. The molecule has 0 aliphatic rings. The molecule has 1 amide bonds. The Labute approximate surface area is 58.4 Å². The smallest absolute Gasteiger partial charge is 0.265 e. The summed E-state index contributed by atoms with van der Waals surface area (Å²) >= 11 is 0. The lowest BCUT2D eigenvalue weighted by Gasteiger charge is -1.89. The summed E-state index contributed by atoms with van der Waals surface area (Å²) < 4.78 is 0. The molecule has 0 aliphatic carbocycles. The van der Waals surface area contributed by atoms with Crippen molar-refractivity contribution in [1.29, 1.82) is 0 Å². The third-order valence-electron chi connectivity index (χ3n) is 1.03. The van der Waals surface area contributed by atoms with Gasteiger partial charge >= 0.3 is 0 Å². The molecule has 1 aromatic rings. The van der Waals surface area contributed by atoms with Crippen molar-refractivity contribution in [1.82, 2.24) is 4.98 Å². The summed E-state index contributed by atoms with van der Waals surface area (Å²) in [5, 5.41) is 0. The Morgan fingerprint density at radius 1 is 1.60 bits per heavy atom. The van der Waals surface area contributed by atoms with Gasteiger partial charge in [-0.05, 0) is 18.9 Å². The van der Waals surface area contributed by atoms with E-state index in [1.54, 1.807) is 24.4 Å². The second kappa shape index (κ2) is 2.87. The maximum absolute atomic E-state index is 10.7. The summed E-state index contributed by atoms with van der Waals surface area (Å²) in [5.74, 6) is -0.388. The van der Waals surface area contributed by atoms with Crippen LogP contribution in [0.3, 0.4) is 0 Å². The highest BCUT2D eigenvalue weighted by atomic mass is 16.1. The van der Waals surface area contributed by atoms with Crippen molar-refractivity contribution < 1.29 is 4.79 Å². The van der Waals surface area contributed by atoms with Crippen LogP contribution >= 0.6 is 0 Å². The van der Waals surface area contributed by atoms with E-state index in [-0.39, 0.29) is 5.91 Å². The summed E-state index contributed by atoms with van der Waals surface area (Å²) in [6.07, 6.45) is 1.54. The van der Waals surface area contributed by atoms with Crippen LogP contribution in [0.4, 0.5) is 0 Å². The summed E-state index contributed by atoms with van der Waals surface area (Å²) in [6.45, 7) is 3.10. The lowest BCUT2D eigenvalue weighted by molar-refractivity contribution is 0.0999. The predicted molar refractivity (Wildman–Crippen MR) is 38.1 cm³/mol. The SMILES string of the molecule is C=NC(=O)c1ccccn1. The average molecular weight is 134 g/mol. The fraction of sp³-hybridized carbons (Fsp3) is 0. The topological polar surface area (TPSA) is 42.3 Å². The molecule has 0 N–H and O–H groups in total. The predicted octanol–water partition coefficient (Wildman–Crippen LogP) is 0.922. The number of amides is 1. The number of aromatic nitrogens is 1. The Bertz CT molecular complexity index is 243. The normalized spacial score (nSPS) is 8.80. The fourth-order valence-electron chi connectivity index (χ4n) is 0.570. The van der Waals surface area contributed by atoms with Crippen molar-refractivity contribution in [3.05, 3.63) is 30.1 Å². The van der Waals surface area contributed by atoms with Crippen LogP contribution in [-0.2, 0) is 0 Å². The summed E-state index contributed by atoms with van der Waals surface area (Å²) in [4.78, 5) is 17.7. The number of hydrogen-bond donors (Lipinski definition) is 0. The second-order valence-corrected chi connectivity index (χ2v) is 1.68. The van der Waals surface area contributed by atoms with Gasteiger partial charge in [-0.2, -0.15) is 0 Å². The van der Waals surface area contributed by atoms with Crippen LogP contribution < -0.4 is 0 Å². The standard InChI is InChI=1S/C7H6N2O/c1-8-7(10)6-4-2-3-5-9-6/h2-5H,1H2. The second-order valence-electron chi connectivity index (χ2n) is 1.68. The largest absolute Gasteiger partial charge is 0.294 e.